The molecule has 0 saturated carbocycles. The Hall–Kier alpha value is -0.780. The minimum atomic E-state index is 0.170. The fourth-order valence-corrected chi connectivity index (χ4v) is 2.74. The highest BCUT2D eigenvalue weighted by Crippen LogP contribution is 2.30. The van der Waals surface area contributed by atoms with Crippen molar-refractivity contribution in [1.82, 2.24) is 5.32 Å². The molecule has 0 aliphatic heterocycles. The molecule has 2 aromatic rings. The monoisotopic (exact) mass is 401 g/mol. The van der Waals surface area contributed by atoms with E-state index in [0.29, 0.717) is 0 Å². The summed E-state index contributed by atoms with van der Waals surface area (Å²) in [5, 5.41) is 4.07. The molecule has 0 radical (unpaired) electrons. The molecule has 0 saturated heterocycles. The summed E-state index contributed by atoms with van der Waals surface area (Å²) < 4.78 is 6.68. The first-order chi connectivity index (χ1) is 9.63. The topological polar surface area (TPSA) is 21.3 Å². The standard InChI is InChI=1S/C16H17ClINO/c1-19-15(9-11-3-6-13(18)7-4-11)14-10-12(17)5-8-16(14)20-2/h3-8,10,15,19H,9H2,1-2H3. The van der Waals surface area contributed by atoms with Crippen molar-refractivity contribution in [2.24, 2.45) is 0 Å². The van der Waals surface area contributed by atoms with Crippen LogP contribution in [-0.2, 0) is 6.42 Å². The zero-order chi connectivity index (χ0) is 14.5. The first kappa shape index (κ1) is 15.6. The minimum Gasteiger partial charge on any atom is -0.496 e. The number of benzene rings is 2. The molecule has 2 rings (SSSR count). The van der Waals surface area contributed by atoms with Crippen LogP contribution in [-0.4, -0.2) is 14.2 Å². The molecule has 0 bridgehead atoms. The Kier molecular flexibility index (Phi) is 5.69. The number of methoxy groups -OCH3 is 1. The van der Waals surface area contributed by atoms with E-state index in [0.717, 1.165) is 22.8 Å². The zero-order valence-electron chi connectivity index (χ0n) is 11.5. The Balaban J connectivity index is 2.28. The quantitative estimate of drug-likeness (QED) is 0.747. The van der Waals surface area contributed by atoms with Crippen molar-refractivity contribution in [3.8, 4) is 5.75 Å². The van der Waals surface area contributed by atoms with Gasteiger partial charge in [0.25, 0.3) is 0 Å². The van der Waals surface area contributed by atoms with Gasteiger partial charge in [0.05, 0.1) is 7.11 Å². The van der Waals surface area contributed by atoms with Crippen molar-refractivity contribution in [1.29, 1.82) is 0 Å². The summed E-state index contributed by atoms with van der Waals surface area (Å²) in [5.74, 6) is 0.860. The second-order valence-corrected chi connectivity index (χ2v) is 6.24. The minimum absolute atomic E-state index is 0.170. The molecule has 106 valence electrons. The lowest BCUT2D eigenvalue weighted by Gasteiger charge is -2.20. The van der Waals surface area contributed by atoms with Crippen LogP contribution < -0.4 is 10.1 Å². The molecule has 2 aromatic carbocycles. The van der Waals surface area contributed by atoms with Crippen molar-refractivity contribution in [2.75, 3.05) is 14.2 Å². The summed E-state index contributed by atoms with van der Waals surface area (Å²) in [4.78, 5) is 0. The fourth-order valence-electron chi connectivity index (χ4n) is 2.20. The van der Waals surface area contributed by atoms with Crippen molar-refractivity contribution in [3.05, 3.63) is 62.2 Å². The van der Waals surface area contributed by atoms with Gasteiger partial charge in [-0.05, 0) is 72.0 Å². The molecule has 1 atom stereocenters. The molecule has 2 nitrogen and oxygen atoms in total. The molecular formula is C16H17ClINO. The van der Waals surface area contributed by atoms with E-state index in [9.17, 15) is 0 Å². The number of likely N-dealkylation sites (N-methyl/N-ethyl adjacent to an activating group) is 1. The Bertz CT molecular complexity index is 571. The normalized spacial score (nSPS) is 12.2. The Morgan fingerprint density at radius 2 is 1.90 bits per heavy atom. The third kappa shape index (κ3) is 3.87. The number of hydrogen-bond donors (Lipinski definition) is 1. The molecule has 1 unspecified atom stereocenters. The predicted molar refractivity (Wildman–Crippen MR) is 92.7 cm³/mol. The van der Waals surface area contributed by atoms with E-state index in [1.165, 1.54) is 9.13 Å². The van der Waals surface area contributed by atoms with Crippen LogP contribution in [0, 0.1) is 3.57 Å². The number of nitrogens with one attached hydrogen (secondary N) is 1. The van der Waals surface area contributed by atoms with Gasteiger partial charge in [-0.2, -0.15) is 0 Å². The maximum atomic E-state index is 6.11. The summed E-state index contributed by atoms with van der Waals surface area (Å²) in [7, 11) is 3.64. The molecule has 20 heavy (non-hydrogen) atoms. The highest BCUT2D eigenvalue weighted by atomic mass is 127. The van der Waals surface area contributed by atoms with Crippen molar-refractivity contribution < 1.29 is 4.74 Å². The van der Waals surface area contributed by atoms with Gasteiger partial charge in [-0.1, -0.05) is 23.7 Å². The first-order valence-electron chi connectivity index (χ1n) is 6.39. The Labute approximate surface area is 138 Å². The lowest BCUT2D eigenvalue weighted by molar-refractivity contribution is 0.401. The molecule has 0 aliphatic carbocycles. The van der Waals surface area contributed by atoms with Gasteiger partial charge in [0.15, 0.2) is 0 Å². The molecule has 0 aromatic heterocycles. The van der Waals surface area contributed by atoms with Gasteiger partial charge in [0.1, 0.15) is 5.75 Å². The van der Waals surface area contributed by atoms with E-state index in [-0.39, 0.29) is 6.04 Å². The van der Waals surface area contributed by atoms with Crippen LogP contribution >= 0.6 is 34.2 Å². The van der Waals surface area contributed by atoms with Crippen LogP contribution in [0.1, 0.15) is 17.2 Å². The highest BCUT2D eigenvalue weighted by Gasteiger charge is 2.15. The highest BCUT2D eigenvalue weighted by molar-refractivity contribution is 14.1. The van der Waals surface area contributed by atoms with Gasteiger partial charge in [-0.3, -0.25) is 0 Å². The molecule has 0 aliphatic rings. The number of rotatable bonds is 5. The van der Waals surface area contributed by atoms with Crippen LogP contribution in [0.4, 0.5) is 0 Å². The van der Waals surface area contributed by atoms with Crippen molar-refractivity contribution in [3.63, 3.8) is 0 Å². The van der Waals surface area contributed by atoms with E-state index >= 15 is 0 Å². The largest absolute Gasteiger partial charge is 0.496 e. The summed E-state index contributed by atoms with van der Waals surface area (Å²) in [5.41, 5.74) is 2.37. The molecule has 0 spiro atoms. The number of hydrogen-bond acceptors (Lipinski definition) is 2. The summed E-state index contributed by atoms with van der Waals surface area (Å²) >= 11 is 8.43. The lowest BCUT2D eigenvalue weighted by Crippen LogP contribution is -2.19. The molecule has 1 N–H and O–H groups in total. The van der Waals surface area contributed by atoms with Gasteiger partial charge in [-0.25, -0.2) is 0 Å². The molecule has 0 amide bonds. The third-order valence-corrected chi connectivity index (χ3v) is 4.22. The van der Waals surface area contributed by atoms with Crippen LogP contribution in [0.3, 0.4) is 0 Å². The molecule has 0 fully saturated rings. The molecule has 4 heteroatoms. The number of ether oxygens (including phenoxy) is 1. The first-order valence-corrected chi connectivity index (χ1v) is 7.85. The average molecular weight is 402 g/mol. The van der Waals surface area contributed by atoms with E-state index < -0.39 is 0 Å². The average Bonchev–Trinajstić information content (AvgIpc) is 2.46. The second kappa shape index (κ2) is 7.29. The summed E-state index contributed by atoms with van der Waals surface area (Å²) in [6.07, 6.45) is 0.893. The van der Waals surface area contributed by atoms with Gasteiger partial charge < -0.3 is 10.1 Å². The van der Waals surface area contributed by atoms with Gasteiger partial charge in [-0.15, -0.1) is 0 Å². The van der Waals surface area contributed by atoms with Gasteiger partial charge in [0, 0.05) is 20.2 Å². The maximum absolute atomic E-state index is 6.11. The second-order valence-electron chi connectivity index (χ2n) is 4.56. The van der Waals surface area contributed by atoms with Crippen LogP contribution in [0.15, 0.2) is 42.5 Å². The van der Waals surface area contributed by atoms with Crippen LogP contribution in [0.5, 0.6) is 5.75 Å². The molecular weight excluding hydrogens is 385 g/mol. The van der Waals surface area contributed by atoms with E-state index in [1.807, 2.05) is 25.2 Å². The SMILES string of the molecule is CNC(Cc1ccc(I)cc1)c1cc(Cl)ccc1OC. The smallest absolute Gasteiger partial charge is 0.123 e. The van der Waals surface area contributed by atoms with E-state index in [4.69, 9.17) is 16.3 Å². The van der Waals surface area contributed by atoms with Crippen LogP contribution in [0.25, 0.3) is 0 Å². The van der Waals surface area contributed by atoms with Crippen molar-refractivity contribution >= 4 is 34.2 Å². The third-order valence-electron chi connectivity index (χ3n) is 3.27. The summed E-state index contributed by atoms with van der Waals surface area (Å²) in [6, 6.07) is 14.5. The fraction of sp³-hybridized carbons (Fsp3) is 0.250. The number of halogens is 2. The lowest BCUT2D eigenvalue weighted by atomic mass is 9.98. The van der Waals surface area contributed by atoms with Crippen LogP contribution in [0.2, 0.25) is 5.02 Å². The van der Waals surface area contributed by atoms with Crippen molar-refractivity contribution in [2.45, 2.75) is 12.5 Å². The van der Waals surface area contributed by atoms with E-state index in [2.05, 4.69) is 52.2 Å². The predicted octanol–water partition coefficient (Wildman–Crippen LogP) is 4.46. The maximum Gasteiger partial charge on any atom is 0.123 e. The zero-order valence-corrected chi connectivity index (χ0v) is 14.4. The van der Waals surface area contributed by atoms with Gasteiger partial charge >= 0.3 is 0 Å². The van der Waals surface area contributed by atoms with E-state index in [1.54, 1.807) is 7.11 Å². The summed E-state index contributed by atoms with van der Waals surface area (Å²) in [6.45, 7) is 0. The Morgan fingerprint density at radius 1 is 1.20 bits per heavy atom. The Morgan fingerprint density at radius 3 is 2.50 bits per heavy atom. The molecule has 0 heterocycles. The van der Waals surface area contributed by atoms with Gasteiger partial charge in [0.2, 0.25) is 0 Å².